The van der Waals surface area contributed by atoms with E-state index in [1.165, 1.54) is 0 Å². The topological polar surface area (TPSA) is 101 Å². The van der Waals surface area contributed by atoms with E-state index in [9.17, 15) is 9.59 Å². The molecule has 0 aliphatic carbocycles. The van der Waals surface area contributed by atoms with Crippen molar-refractivity contribution in [3.8, 4) is 0 Å². The standard InChI is InChI=1S/C14H29N3O2.CH2O/c1-3-7-14(19)17-11-6-8-12(16-4-2)13(18)9-5-10-15;1-2/h12,16H,3-11,15H2,1-2H3,(H,17,19);1H2/t12-;/m1./s1. The molecule has 21 heavy (non-hydrogen) atoms. The number of ketones is 1. The summed E-state index contributed by atoms with van der Waals surface area (Å²) in [5.41, 5.74) is 5.41. The van der Waals surface area contributed by atoms with E-state index in [4.69, 9.17) is 10.5 Å². The fraction of sp³-hybridized carbons (Fsp3) is 0.800. The number of hydrogen-bond acceptors (Lipinski definition) is 5. The molecule has 0 aromatic carbocycles. The average molecular weight is 301 g/mol. The monoisotopic (exact) mass is 301 g/mol. The molecule has 124 valence electrons. The van der Waals surface area contributed by atoms with Crippen molar-refractivity contribution in [1.29, 1.82) is 0 Å². The summed E-state index contributed by atoms with van der Waals surface area (Å²) >= 11 is 0. The van der Waals surface area contributed by atoms with Crippen molar-refractivity contribution in [3.63, 3.8) is 0 Å². The summed E-state index contributed by atoms with van der Waals surface area (Å²) in [7, 11) is 0. The van der Waals surface area contributed by atoms with Crippen LogP contribution < -0.4 is 16.4 Å². The number of amides is 1. The largest absolute Gasteiger partial charge is 0.356 e. The smallest absolute Gasteiger partial charge is 0.219 e. The number of rotatable bonds is 12. The van der Waals surface area contributed by atoms with E-state index < -0.39 is 0 Å². The van der Waals surface area contributed by atoms with Crippen LogP contribution in [0.2, 0.25) is 0 Å². The molecule has 0 heterocycles. The van der Waals surface area contributed by atoms with Gasteiger partial charge in [0.05, 0.1) is 6.04 Å². The Balaban J connectivity index is 0. The first kappa shape index (κ1) is 22.0. The summed E-state index contributed by atoms with van der Waals surface area (Å²) in [6, 6.07) is -0.0976. The second kappa shape index (κ2) is 16.8. The Labute approximate surface area is 128 Å². The lowest BCUT2D eigenvalue weighted by atomic mass is 10.0. The molecule has 0 saturated carbocycles. The first-order valence-electron chi connectivity index (χ1n) is 7.67. The highest BCUT2D eigenvalue weighted by Gasteiger charge is 2.15. The van der Waals surface area contributed by atoms with Crippen LogP contribution in [0.25, 0.3) is 0 Å². The van der Waals surface area contributed by atoms with Crippen molar-refractivity contribution in [2.45, 2.75) is 58.4 Å². The van der Waals surface area contributed by atoms with Crippen molar-refractivity contribution in [2.24, 2.45) is 5.73 Å². The second-order valence-corrected chi connectivity index (χ2v) is 4.71. The van der Waals surface area contributed by atoms with Crippen LogP contribution in [0, 0.1) is 0 Å². The molecule has 0 aromatic rings. The molecular formula is C15H31N3O3. The number of hydrogen-bond donors (Lipinski definition) is 3. The summed E-state index contributed by atoms with van der Waals surface area (Å²) in [6.45, 7) is 7.95. The van der Waals surface area contributed by atoms with Gasteiger partial charge < -0.3 is 21.2 Å². The van der Waals surface area contributed by atoms with Gasteiger partial charge in [0.15, 0.2) is 0 Å². The molecule has 0 rings (SSSR count). The molecule has 0 saturated heterocycles. The van der Waals surface area contributed by atoms with E-state index in [1.807, 2.05) is 20.6 Å². The molecule has 0 spiro atoms. The molecule has 4 N–H and O–H groups in total. The quantitative estimate of drug-likeness (QED) is 0.462. The van der Waals surface area contributed by atoms with Gasteiger partial charge in [0.2, 0.25) is 5.91 Å². The summed E-state index contributed by atoms with van der Waals surface area (Å²) in [4.78, 5) is 31.2. The number of nitrogens with one attached hydrogen (secondary N) is 2. The maximum atomic E-state index is 11.9. The molecule has 6 nitrogen and oxygen atoms in total. The fourth-order valence-corrected chi connectivity index (χ4v) is 1.92. The fourth-order valence-electron chi connectivity index (χ4n) is 1.92. The SMILES string of the molecule is C=O.CCCC(=O)NCCC[C@@H](NCC)C(=O)CCCN. The van der Waals surface area contributed by atoms with Gasteiger partial charge in [-0.3, -0.25) is 9.59 Å². The maximum Gasteiger partial charge on any atom is 0.219 e. The lowest BCUT2D eigenvalue weighted by molar-refractivity contribution is -0.121. The molecule has 0 fully saturated rings. The van der Waals surface area contributed by atoms with E-state index >= 15 is 0 Å². The third-order valence-corrected chi connectivity index (χ3v) is 2.94. The van der Waals surface area contributed by atoms with E-state index in [0.717, 1.165) is 32.2 Å². The van der Waals surface area contributed by atoms with Gasteiger partial charge in [-0.1, -0.05) is 13.8 Å². The van der Waals surface area contributed by atoms with E-state index in [1.54, 1.807) is 0 Å². The van der Waals surface area contributed by atoms with Crippen LogP contribution in [0.3, 0.4) is 0 Å². The second-order valence-electron chi connectivity index (χ2n) is 4.71. The van der Waals surface area contributed by atoms with Gasteiger partial charge in [0, 0.05) is 19.4 Å². The number of Topliss-reactive ketones (excluding diaryl/α,β-unsaturated/α-hetero) is 1. The highest BCUT2D eigenvalue weighted by Crippen LogP contribution is 2.03. The van der Waals surface area contributed by atoms with Gasteiger partial charge in [0.1, 0.15) is 12.6 Å². The molecular weight excluding hydrogens is 270 g/mol. The zero-order valence-electron chi connectivity index (χ0n) is 13.5. The summed E-state index contributed by atoms with van der Waals surface area (Å²) in [6.07, 6.45) is 4.31. The first-order chi connectivity index (χ1) is 10.2. The van der Waals surface area contributed by atoms with Crippen molar-refractivity contribution >= 4 is 18.5 Å². The molecule has 0 radical (unpaired) electrons. The minimum atomic E-state index is -0.0976. The lowest BCUT2D eigenvalue weighted by Gasteiger charge is -2.16. The van der Waals surface area contributed by atoms with Gasteiger partial charge in [-0.15, -0.1) is 0 Å². The average Bonchev–Trinajstić information content (AvgIpc) is 2.50. The van der Waals surface area contributed by atoms with Crippen LogP contribution in [-0.4, -0.2) is 44.2 Å². The Kier molecular flexibility index (Phi) is 17.6. The first-order valence-corrected chi connectivity index (χ1v) is 7.67. The van der Waals surface area contributed by atoms with E-state index in [2.05, 4.69) is 10.6 Å². The molecule has 0 unspecified atom stereocenters. The van der Waals surface area contributed by atoms with Crippen LogP contribution in [0.1, 0.15) is 52.4 Å². The van der Waals surface area contributed by atoms with Gasteiger partial charge in [-0.2, -0.15) is 0 Å². The number of carbonyl (C=O) groups is 3. The van der Waals surface area contributed by atoms with Crippen LogP contribution in [0.5, 0.6) is 0 Å². The lowest BCUT2D eigenvalue weighted by Crippen LogP contribution is -2.37. The van der Waals surface area contributed by atoms with Crippen LogP contribution >= 0.6 is 0 Å². The minimum absolute atomic E-state index is 0.0944. The maximum absolute atomic E-state index is 11.9. The van der Waals surface area contributed by atoms with Gasteiger partial charge in [0.25, 0.3) is 0 Å². The Bertz CT molecular complexity index is 273. The van der Waals surface area contributed by atoms with Gasteiger partial charge in [-0.05, 0) is 38.8 Å². The van der Waals surface area contributed by atoms with E-state index in [0.29, 0.717) is 25.9 Å². The van der Waals surface area contributed by atoms with E-state index in [-0.39, 0.29) is 17.7 Å². The Morgan fingerprint density at radius 2 is 1.81 bits per heavy atom. The predicted octanol–water partition coefficient (Wildman–Crippen LogP) is 0.784. The van der Waals surface area contributed by atoms with Crippen molar-refractivity contribution in [3.05, 3.63) is 0 Å². The van der Waals surface area contributed by atoms with Crippen LogP contribution in [-0.2, 0) is 14.4 Å². The number of nitrogens with two attached hydrogens (primary N) is 1. The van der Waals surface area contributed by atoms with Crippen LogP contribution in [0.4, 0.5) is 0 Å². The van der Waals surface area contributed by atoms with Crippen molar-refractivity contribution in [2.75, 3.05) is 19.6 Å². The summed E-state index contributed by atoms with van der Waals surface area (Å²) in [5.74, 6) is 0.323. The van der Waals surface area contributed by atoms with Gasteiger partial charge in [-0.25, -0.2) is 0 Å². The van der Waals surface area contributed by atoms with Gasteiger partial charge >= 0.3 is 0 Å². The highest BCUT2D eigenvalue weighted by atomic mass is 16.1. The Morgan fingerprint density at radius 1 is 1.14 bits per heavy atom. The van der Waals surface area contributed by atoms with Crippen molar-refractivity contribution < 1.29 is 14.4 Å². The number of carbonyl (C=O) groups excluding carboxylic acids is 3. The zero-order chi connectivity index (χ0) is 16.5. The highest BCUT2D eigenvalue weighted by molar-refractivity contribution is 5.84. The Hall–Kier alpha value is -1.27. The third-order valence-electron chi connectivity index (χ3n) is 2.94. The van der Waals surface area contributed by atoms with Crippen molar-refractivity contribution in [1.82, 2.24) is 10.6 Å². The summed E-state index contributed by atoms with van der Waals surface area (Å²) < 4.78 is 0. The molecule has 0 aromatic heterocycles. The molecule has 0 bridgehead atoms. The zero-order valence-corrected chi connectivity index (χ0v) is 13.5. The number of likely N-dealkylation sites (N-methyl/N-ethyl adjacent to an activating group) is 1. The molecule has 1 atom stereocenters. The predicted molar refractivity (Wildman–Crippen MR) is 85.0 cm³/mol. The van der Waals surface area contributed by atoms with Crippen LogP contribution in [0.15, 0.2) is 0 Å². The molecule has 1 amide bonds. The Morgan fingerprint density at radius 3 is 2.33 bits per heavy atom. The molecule has 0 aliphatic rings. The molecule has 6 heteroatoms. The molecule has 0 aliphatic heterocycles. The third kappa shape index (κ3) is 13.5. The minimum Gasteiger partial charge on any atom is -0.356 e. The normalized spacial score (nSPS) is 11.2. The summed E-state index contributed by atoms with van der Waals surface area (Å²) in [5, 5.41) is 6.07.